The summed E-state index contributed by atoms with van der Waals surface area (Å²) in [5, 5.41) is 15.6. The Bertz CT molecular complexity index is 569. The largest absolute Gasteiger partial charge is 0.673 e. The SMILES string of the molecule is F[B-](F)(F)F.N#[N+]c1cc(-c2ccc(Cl)cc2)[nH]n1. The van der Waals surface area contributed by atoms with E-state index in [1.807, 2.05) is 12.1 Å². The molecular formula is C9H6BClF4N4. The van der Waals surface area contributed by atoms with Crippen LogP contribution in [0.5, 0.6) is 0 Å². The summed E-state index contributed by atoms with van der Waals surface area (Å²) in [4.78, 5) is 2.97. The van der Waals surface area contributed by atoms with Crippen molar-refractivity contribution in [1.29, 1.82) is 5.39 Å². The predicted molar refractivity (Wildman–Crippen MR) is 64.0 cm³/mol. The Labute approximate surface area is 110 Å². The van der Waals surface area contributed by atoms with Gasteiger partial charge >= 0.3 is 13.1 Å². The zero-order valence-electron chi connectivity index (χ0n) is 9.20. The quantitative estimate of drug-likeness (QED) is 0.477. The van der Waals surface area contributed by atoms with Gasteiger partial charge in [-0.3, -0.25) is 0 Å². The van der Waals surface area contributed by atoms with Crippen LogP contribution in [0.15, 0.2) is 30.3 Å². The van der Waals surface area contributed by atoms with E-state index in [4.69, 9.17) is 17.0 Å². The molecule has 0 amide bonds. The van der Waals surface area contributed by atoms with Crippen LogP contribution in [0.2, 0.25) is 5.02 Å². The third-order valence-corrected chi connectivity index (χ3v) is 2.07. The highest BCUT2D eigenvalue weighted by atomic mass is 35.5. The summed E-state index contributed by atoms with van der Waals surface area (Å²) in [5.74, 6) is 0.259. The molecule has 0 unspecified atom stereocenters. The van der Waals surface area contributed by atoms with Crippen molar-refractivity contribution >= 4 is 24.7 Å². The number of nitrogens with one attached hydrogen (secondary N) is 1. The Kier molecular flexibility index (Phi) is 4.89. The minimum absolute atomic E-state index is 0.259. The van der Waals surface area contributed by atoms with Crippen LogP contribution >= 0.6 is 11.6 Å². The lowest BCUT2D eigenvalue weighted by atomic mass is 10.1. The third-order valence-electron chi connectivity index (χ3n) is 1.82. The van der Waals surface area contributed by atoms with Gasteiger partial charge in [-0.25, -0.2) is 0 Å². The Morgan fingerprint density at radius 1 is 1.16 bits per heavy atom. The normalized spacial score (nSPS) is 10.3. The zero-order chi connectivity index (χ0) is 14.5. The summed E-state index contributed by atoms with van der Waals surface area (Å²) >= 11 is 5.75. The van der Waals surface area contributed by atoms with Crippen LogP contribution in [0.1, 0.15) is 0 Å². The molecule has 0 saturated carbocycles. The van der Waals surface area contributed by atoms with E-state index in [2.05, 4.69) is 15.2 Å². The minimum Gasteiger partial charge on any atom is -0.418 e. The highest BCUT2D eigenvalue weighted by Gasteiger charge is 2.20. The van der Waals surface area contributed by atoms with Crippen molar-refractivity contribution in [3.8, 4) is 11.3 Å². The molecule has 0 atom stereocenters. The first-order valence-electron chi connectivity index (χ1n) is 4.83. The second-order valence-corrected chi connectivity index (χ2v) is 3.68. The standard InChI is InChI=1S/C9H6ClN4.BF4/c10-7-3-1-6(2-4-7)8-5-9(12-11)14-13-8;2-1(3,4)5/h1-5H,(H,13,14);/q+1;-1. The van der Waals surface area contributed by atoms with Crippen LogP contribution in [0.4, 0.5) is 23.1 Å². The summed E-state index contributed by atoms with van der Waals surface area (Å²) in [5.41, 5.74) is 1.73. The monoisotopic (exact) mass is 292 g/mol. The zero-order valence-corrected chi connectivity index (χ0v) is 9.95. The van der Waals surface area contributed by atoms with Crippen LogP contribution in [0.25, 0.3) is 16.2 Å². The lowest BCUT2D eigenvalue weighted by Crippen LogP contribution is -2.02. The number of nitrogens with zero attached hydrogens (tertiary/aromatic N) is 3. The number of aromatic amines is 1. The van der Waals surface area contributed by atoms with E-state index < -0.39 is 7.25 Å². The van der Waals surface area contributed by atoms with E-state index in [1.165, 1.54) is 0 Å². The Hall–Kier alpha value is -2.08. The number of aromatic nitrogens is 2. The average molecular weight is 292 g/mol. The van der Waals surface area contributed by atoms with E-state index in [0.29, 0.717) is 5.02 Å². The van der Waals surface area contributed by atoms with Gasteiger partial charge in [0.1, 0.15) is 0 Å². The number of benzene rings is 1. The molecule has 0 fully saturated rings. The van der Waals surface area contributed by atoms with Gasteiger partial charge in [-0.1, -0.05) is 23.7 Å². The molecular weight excluding hydrogens is 286 g/mol. The predicted octanol–water partition coefficient (Wildman–Crippen LogP) is 4.51. The van der Waals surface area contributed by atoms with Gasteiger partial charge in [0.15, 0.2) is 0 Å². The molecule has 0 spiro atoms. The summed E-state index contributed by atoms with van der Waals surface area (Å²) in [6.07, 6.45) is 0. The fourth-order valence-corrected chi connectivity index (χ4v) is 1.27. The maximum absolute atomic E-state index is 9.75. The van der Waals surface area contributed by atoms with Crippen molar-refractivity contribution < 1.29 is 17.3 Å². The molecule has 4 nitrogen and oxygen atoms in total. The fourth-order valence-electron chi connectivity index (χ4n) is 1.14. The second-order valence-electron chi connectivity index (χ2n) is 3.24. The lowest BCUT2D eigenvalue weighted by Gasteiger charge is -1.94. The van der Waals surface area contributed by atoms with Crippen LogP contribution in [0.3, 0.4) is 0 Å². The smallest absolute Gasteiger partial charge is 0.418 e. The number of rotatable bonds is 1. The Morgan fingerprint density at radius 2 is 1.68 bits per heavy atom. The van der Waals surface area contributed by atoms with Crippen molar-refractivity contribution in [1.82, 2.24) is 10.2 Å². The maximum Gasteiger partial charge on any atom is 0.673 e. The van der Waals surface area contributed by atoms with Gasteiger partial charge in [-0.15, -0.1) is 0 Å². The molecule has 1 aromatic heterocycles. The molecule has 0 aliphatic carbocycles. The number of H-pyrrole nitrogens is 1. The first kappa shape index (κ1) is 15.0. The topological polar surface area (TPSA) is 56.8 Å². The average Bonchev–Trinajstić information content (AvgIpc) is 2.76. The van der Waals surface area contributed by atoms with Crippen LogP contribution in [-0.2, 0) is 0 Å². The van der Waals surface area contributed by atoms with Gasteiger partial charge in [0.2, 0.25) is 0 Å². The molecule has 19 heavy (non-hydrogen) atoms. The molecule has 1 heterocycles. The first-order chi connectivity index (χ1) is 8.79. The van der Waals surface area contributed by atoms with Crippen LogP contribution < -0.4 is 0 Å². The molecule has 1 N–H and O–H groups in total. The fraction of sp³-hybridized carbons (Fsp3) is 0. The van der Waals surface area contributed by atoms with Gasteiger partial charge in [0.25, 0.3) is 0 Å². The van der Waals surface area contributed by atoms with Crippen molar-refractivity contribution in [3.63, 3.8) is 0 Å². The van der Waals surface area contributed by atoms with Crippen molar-refractivity contribution in [2.24, 2.45) is 0 Å². The summed E-state index contributed by atoms with van der Waals surface area (Å²) in [6, 6.07) is 8.93. The van der Waals surface area contributed by atoms with Crippen molar-refractivity contribution in [3.05, 3.63) is 40.3 Å². The van der Waals surface area contributed by atoms with Crippen LogP contribution in [-0.4, -0.2) is 17.5 Å². The first-order valence-corrected chi connectivity index (χ1v) is 5.21. The van der Waals surface area contributed by atoms with Gasteiger partial charge in [-0.2, -0.15) is 5.10 Å². The number of hydrogen-bond acceptors (Lipinski definition) is 2. The van der Waals surface area contributed by atoms with E-state index in [-0.39, 0.29) is 5.82 Å². The van der Waals surface area contributed by atoms with E-state index in [0.717, 1.165) is 11.3 Å². The lowest BCUT2D eigenvalue weighted by molar-refractivity contribution is 0.368. The second kappa shape index (κ2) is 6.20. The molecule has 0 saturated heterocycles. The Morgan fingerprint density at radius 3 is 2.11 bits per heavy atom. The molecule has 0 aliphatic heterocycles. The maximum atomic E-state index is 9.75. The summed E-state index contributed by atoms with van der Waals surface area (Å²) in [6.45, 7) is 0. The van der Waals surface area contributed by atoms with Gasteiger partial charge in [-0.05, 0) is 12.1 Å². The molecule has 2 rings (SSSR count). The highest BCUT2D eigenvalue weighted by molar-refractivity contribution is 6.50. The van der Waals surface area contributed by atoms with Gasteiger partial charge in [0.05, 0.1) is 22.3 Å². The van der Waals surface area contributed by atoms with Crippen LogP contribution in [0, 0.1) is 5.39 Å². The van der Waals surface area contributed by atoms with Gasteiger partial charge < -0.3 is 17.3 Å². The molecule has 0 radical (unpaired) electrons. The third kappa shape index (κ3) is 5.88. The van der Waals surface area contributed by atoms with Crippen molar-refractivity contribution in [2.45, 2.75) is 0 Å². The van der Waals surface area contributed by atoms with E-state index in [9.17, 15) is 17.3 Å². The number of halogens is 5. The summed E-state index contributed by atoms with van der Waals surface area (Å²) in [7, 11) is -6.00. The molecule has 0 bridgehead atoms. The molecule has 100 valence electrons. The highest BCUT2D eigenvalue weighted by Crippen LogP contribution is 2.22. The molecule has 1 aromatic carbocycles. The van der Waals surface area contributed by atoms with Gasteiger partial charge in [0, 0.05) is 15.6 Å². The van der Waals surface area contributed by atoms with E-state index >= 15 is 0 Å². The summed E-state index contributed by atoms with van der Waals surface area (Å²) < 4.78 is 39.0. The molecule has 0 aliphatic rings. The minimum atomic E-state index is -6.00. The molecule has 10 heteroatoms. The number of diazo groups is 1. The molecule has 2 aromatic rings. The Balaban J connectivity index is 0.000000312. The number of hydrogen-bond donors (Lipinski definition) is 1. The van der Waals surface area contributed by atoms with E-state index in [1.54, 1.807) is 18.2 Å². The van der Waals surface area contributed by atoms with Crippen molar-refractivity contribution in [2.75, 3.05) is 0 Å².